The fourth-order valence-corrected chi connectivity index (χ4v) is 3.34. The molecule has 2 aromatic carbocycles. The number of anilines is 1. The van der Waals surface area contributed by atoms with E-state index in [1.54, 1.807) is 18.2 Å². The summed E-state index contributed by atoms with van der Waals surface area (Å²) in [5.41, 5.74) is 4.91. The van der Waals surface area contributed by atoms with Gasteiger partial charge in [0.25, 0.3) is 15.9 Å². The number of nitrogens with one attached hydrogen (secondary N) is 3. The molecule has 0 aliphatic carbocycles. The van der Waals surface area contributed by atoms with E-state index in [9.17, 15) is 18.0 Å². The Morgan fingerprint density at radius 2 is 1.77 bits per heavy atom. The monoisotopic (exact) mass is 395 g/mol. The number of rotatable bonds is 6. The molecule has 9 heteroatoms. The lowest BCUT2D eigenvalue weighted by molar-refractivity contribution is -0.121. The standard InChI is InChI=1S/C17H18ClN3O4S/c1-2-5-16(22)19-20-17(23)12-6-3-9-15(10-12)26(24,25)21-14-8-4-7-13(18)11-14/h3-4,6-11,21H,2,5H2,1H3,(H,19,22)(H,20,23). The van der Waals surface area contributed by atoms with Gasteiger partial charge in [-0.2, -0.15) is 0 Å². The summed E-state index contributed by atoms with van der Waals surface area (Å²) in [6, 6.07) is 11.7. The molecule has 2 rings (SSSR count). The van der Waals surface area contributed by atoms with E-state index in [4.69, 9.17) is 11.6 Å². The van der Waals surface area contributed by atoms with Crippen molar-refractivity contribution < 1.29 is 18.0 Å². The zero-order valence-electron chi connectivity index (χ0n) is 14.0. The van der Waals surface area contributed by atoms with Crippen LogP contribution in [0.3, 0.4) is 0 Å². The predicted octanol–water partition coefficient (Wildman–Crippen LogP) is 2.70. The second kappa shape index (κ2) is 8.68. The Balaban J connectivity index is 2.14. The number of benzene rings is 2. The van der Waals surface area contributed by atoms with Crippen LogP contribution in [0.4, 0.5) is 5.69 Å². The topological polar surface area (TPSA) is 104 Å². The maximum absolute atomic E-state index is 12.5. The van der Waals surface area contributed by atoms with Gasteiger partial charge < -0.3 is 0 Å². The summed E-state index contributed by atoms with van der Waals surface area (Å²) in [6.07, 6.45) is 0.920. The molecule has 2 amide bonds. The van der Waals surface area contributed by atoms with Crippen molar-refractivity contribution >= 4 is 39.1 Å². The van der Waals surface area contributed by atoms with Gasteiger partial charge in [-0.3, -0.25) is 25.2 Å². The van der Waals surface area contributed by atoms with E-state index in [0.717, 1.165) is 0 Å². The molecule has 138 valence electrons. The Kier molecular flexibility index (Phi) is 6.59. The molecule has 0 aromatic heterocycles. The van der Waals surface area contributed by atoms with Gasteiger partial charge in [0, 0.05) is 17.0 Å². The number of amides is 2. The molecule has 0 atom stereocenters. The minimum Gasteiger partial charge on any atom is -0.280 e. The number of carbonyl (C=O) groups excluding carboxylic acids is 2. The SMILES string of the molecule is CCCC(=O)NNC(=O)c1cccc(S(=O)(=O)Nc2cccc(Cl)c2)c1. The molecule has 0 aliphatic rings. The quantitative estimate of drug-likeness (QED) is 0.654. The number of halogens is 1. The van der Waals surface area contributed by atoms with Gasteiger partial charge in [0.05, 0.1) is 10.6 Å². The Morgan fingerprint density at radius 1 is 1.04 bits per heavy atom. The lowest BCUT2D eigenvalue weighted by Crippen LogP contribution is -2.41. The first kappa shape index (κ1) is 19.7. The Hall–Kier alpha value is -2.58. The highest BCUT2D eigenvalue weighted by Gasteiger charge is 2.17. The van der Waals surface area contributed by atoms with Crippen molar-refractivity contribution in [3.05, 3.63) is 59.1 Å². The van der Waals surface area contributed by atoms with Crippen LogP contribution in [0.15, 0.2) is 53.4 Å². The first-order valence-electron chi connectivity index (χ1n) is 7.79. The summed E-state index contributed by atoms with van der Waals surface area (Å²) in [7, 11) is -3.90. The van der Waals surface area contributed by atoms with Crippen LogP contribution in [0.5, 0.6) is 0 Å². The Morgan fingerprint density at radius 3 is 2.46 bits per heavy atom. The molecular weight excluding hydrogens is 378 g/mol. The van der Waals surface area contributed by atoms with Gasteiger partial charge in [-0.05, 0) is 42.8 Å². The molecular formula is C17H18ClN3O4S. The van der Waals surface area contributed by atoms with Gasteiger partial charge in [0.15, 0.2) is 0 Å². The zero-order chi connectivity index (χ0) is 19.2. The molecule has 26 heavy (non-hydrogen) atoms. The number of hydrazine groups is 1. The molecule has 7 nitrogen and oxygen atoms in total. The number of hydrogen-bond donors (Lipinski definition) is 3. The molecule has 0 heterocycles. The van der Waals surface area contributed by atoms with Gasteiger partial charge in [-0.15, -0.1) is 0 Å². The first-order chi connectivity index (χ1) is 12.3. The predicted molar refractivity (Wildman–Crippen MR) is 99.2 cm³/mol. The minimum absolute atomic E-state index is 0.0926. The number of carbonyl (C=O) groups is 2. The van der Waals surface area contributed by atoms with Crippen molar-refractivity contribution in [1.82, 2.24) is 10.9 Å². The van der Waals surface area contributed by atoms with Crippen LogP contribution in [-0.2, 0) is 14.8 Å². The lowest BCUT2D eigenvalue weighted by Gasteiger charge is -2.10. The third kappa shape index (κ3) is 5.47. The largest absolute Gasteiger partial charge is 0.280 e. The third-order valence-electron chi connectivity index (χ3n) is 3.28. The second-order valence-electron chi connectivity index (χ2n) is 5.40. The summed E-state index contributed by atoms with van der Waals surface area (Å²) in [5, 5.41) is 0.390. The Labute approximate surface area is 156 Å². The fraction of sp³-hybridized carbons (Fsp3) is 0.176. The molecule has 0 radical (unpaired) electrons. The summed E-state index contributed by atoms with van der Waals surface area (Å²) >= 11 is 5.85. The van der Waals surface area contributed by atoms with Crippen molar-refractivity contribution in [1.29, 1.82) is 0 Å². The van der Waals surface area contributed by atoms with E-state index >= 15 is 0 Å². The summed E-state index contributed by atoms with van der Waals surface area (Å²) in [6.45, 7) is 1.84. The fourth-order valence-electron chi connectivity index (χ4n) is 2.06. The zero-order valence-corrected chi connectivity index (χ0v) is 15.5. The smallest absolute Gasteiger partial charge is 0.269 e. The van der Waals surface area contributed by atoms with Crippen LogP contribution < -0.4 is 15.6 Å². The van der Waals surface area contributed by atoms with Crippen molar-refractivity contribution in [3.8, 4) is 0 Å². The van der Waals surface area contributed by atoms with E-state index in [1.165, 1.54) is 30.3 Å². The lowest BCUT2D eigenvalue weighted by atomic mass is 10.2. The maximum Gasteiger partial charge on any atom is 0.269 e. The molecule has 0 unspecified atom stereocenters. The van der Waals surface area contributed by atoms with Crippen molar-refractivity contribution in [3.63, 3.8) is 0 Å². The van der Waals surface area contributed by atoms with Crippen molar-refractivity contribution in [2.75, 3.05) is 4.72 Å². The van der Waals surface area contributed by atoms with Gasteiger partial charge in [0.1, 0.15) is 0 Å². The van der Waals surface area contributed by atoms with E-state index in [0.29, 0.717) is 17.1 Å². The third-order valence-corrected chi connectivity index (χ3v) is 4.89. The van der Waals surface area contributed by atoms with E-state index in [-0.39, 0.29) is 22.8 Å². The van der Waals surface area contributed by atoms with Gasteiger partial charge >= 0.3 is 0 Å². The molecule has 0 bridgehead atoms. The normalized spacial score (nSPS) is 10.8. The van der Waals surface area contributed by atoms with Gasteiger partial charge in [-0.25, -0.2) is 8.42 Å². The molecule has 0 fully saturated rings. The number of hydrogen-bond acceptors (Lipinski definition) is 4. The van der Waals surface area contributed by atoms with Crippen LogP contribution in [-0.4, -0.2) is 20.2 Å². The van der Waals surface area contributed by atoms with Crippen LogP contribution >= 0.6 is 11.6 Å². The van der Waals surface area contributed by atoms with Gasteiger partial charge in [-0.1, -0.05) is 30.7 Å². The molecule has 0 aliphatic heterocycles. The van der Waals surface area contributed by atoms with E-state index < -0.39 is 15.9 Å². The summed E-state index contributed by atoms with van der Waals surface area (Å²) in [5.74, 6) is -0.943. The number of sulfonamides is 1. The van der Waals surface area contributed by atoms with Crippen molar-refractivity contribution in [2.24, 2.45) is 0 Å². The van der Waals surface area contributed by atoms with Crippen molar-refractivity contribution in [2.45, 2.75) is 24.7 Å². The molecule has 0 spiro atoms. The van der Waals surface area contributed by atoms with Gasteiger partial charge in [0.2, 0.25) is 5.91 Å². The average Bonchev–Trinajstić information content (AvgIpc) is 2.60. The van der Waals surface area contributed by atoms with Crippen LogP contribution in [0, 0.1) is 0 Å². The maximum atomic E-state index is 12.5. The summed E-state index contributed by atoms with van der Waals surface area (Å²) < 4.78 is 27.4. The molecule has 2 aromatic rings. The van der Waals surface area contributed by atoms with Crippen LogP contribution in [0.25, 0.3) is 0 Å². The molecule has 3 N–H and O–H groups in total. The second-order valence-corrected chi connectivity index (χ2v) is 7.51. The highest BCUT2D eigenvalue weighted by atomic mass is 35.5. The minimum atomic E-state index is -3.90. The molecule has 0 saturated heterocycles. The Bertz CT molecular complexity index is 916. The highest BCUT2D eigenvalue weighted by molar-refractivity contribution is 7.92. The van der Waals surface area contributed by atoms with Crippen LogP contribution in [0.2, 0.25) is 5.02 Å². The van der Waals surface area contributed by atoms with Crippen LogP contribution in [0.1, 0.15) is 30.1 Å². The van der Waals surface area contributed by atoms with E-state index in [1.807, 2.05) is 6.92 Å². The highest BCUT2D eigenvalue weighted by Crippen LogP contribution is 2.20. The first-order valence-corrected chi connectivity index (χ1v) is 9.65. The summed E-state index contributed by atoms with van der Waals surface area (Å²) in [4.78, 5) is 23.4. The molecule has 0 saturated carbocycles. The average molecular weight is 396 g/mol. The van der Waals surface area contributed by atoms with E-state index in [2.05, 4.69) is 15.6 Å².